The van der Waals surface area contributed by atoms with Crippen LogP contribution in [0.2, 0.25) is 0 Å². The van der Waals surface area contributed by atoms with Crippen molar-refractivity contribution < 1.29 is 34.2 Å². The summed E-state index contributed by atoms with van der Waals surface area (Å²) in [5, 5.41) is 26.9. The Morgan fingerprint density at radius 1 is 0.682 bits per heavy atom. The van der Waals surface area contributed by atoms with E-state index in [1.807, 2.05) is 0 Å². The van der Waals surface area contributed by atoms with Crippen LogP contribution in [0.25, 0.3) is 0 Å². The highest BCUT2D eigenvalue weighted by atomic mass is 16.4. The summed E-state index contributed by atoms with van der Waals surface area (Å²) in [5.74, 6) is -3.53. The molecule has 0 aliphatic rings. The van der Waals surface area contributed by atoms with Crippen LogP contribution in [0.15, 0.2) is 0 Å². The van der Waals surface area contributed by atoms with Crippen LogP contribution in [0.1, 0.15) is 51.9 Å². The van der Waals surface area contributed by atoms with Gasteiger partial charge in [-0.3, -0.25) is 4.48 Å². The zero-order valence-corrected chi connectivity index (χ0v) is 13.3. The van der Waals surface area contributed by atoms with Gasteiger partial charge < -0.3 is 15.3 Å². The average molecular weight is 318 g/mol. The number of carboxylic acids is 3. The average Bonchev–Trinajstić information content (AvgIpc) is 2.35. The van der Waals surface area contributed by atoms with Crippen LogP contribution in [-0.4, -0.2) is 63.9 Å². The lowest BCUT2D eigenvalue weighted by Crippen LogP contribution is -2.57. The van der Waals surface area contributed by atoms with Gasteiger partial charge in [-0.1, -0.05) is 39.0 Å². The molecule has 0 aromatic carbocycles. The Balaban J connectivity index is 4.51. The Bertz CT molecular complexity index is 328. The van der Waals surface area contributed by atoms with E-state index in [2.05, 4.69) is 6.92 Å². The van der Waals surface area contributed by atoms with Crippen LogP contribution in [0.5, 0.6) is 0 Å². The number of unbranched alkanes of at least 4 members (excludes halogenated alkanes) is 6. The van der Waals surface area contributed by atoms with E-state index >= 15 is 0 Å². The summed E-state index contributed by atoms with van der Waals surface area (Å²) in [6.45, 7) is 0.964. The molecule has 0 bridgehead atoms. The first kappa shape index (κ1) is 20.4. The summed E-state index contributed by atoms with van der Waals surface area (Å²) in [6.07, 6.45) is 7.13. The molecule has 0 amide bonds. The first-order valence-corrected chi connectivity index (χ1v) is 7.82. The minimum atomic E-state index is -1.18. The fourth-order valence-electron chi connectivity index (χ4n) is 2.67. The van der Waals surface area contributed by atoms with E-state index in [9.17, 15) is 14.4 Å². The number of rotatable bonds is 14. The summed E-state index contributed by atoms with van der Waals surface area (Å²) < 4.78 is -0.436. The molecule has 0 saturated carbocycles. The standard InChI is InChI=1S/C15H27NO6/c1-2-3-4-5-6-7-8-9-16(10-13(17)18,11-14(19)20)12-15(21)22/h2-12H2,1H3,(H2-,17,18,19,20,21,22)/p+1. The van der Waals surface area contributed by atoms with Crippen molar-refractivity contribution in [2.75, 3.05) is 26.2 Å². The lowest BCUT2D eigenvalue weighted by molar-refractivity contribution is -0.907. The molecule has 0 heterocycles. The molecular formula is C15H28NO6+. The van der Waals surface area contributed by atoms with Crippen molar-refractivity contribution in [1.29, 1.82) is 0 Å². The fraction of sp³-hybridized carbons (Fsp3) is 0.800. The molecule has 0 saturated heterocycles. The quantitative estimate of drug-likeness (QED) is 0.332. The van der Waals surface area contributed by atoms with Crippen molar-refractivity contribution in [3.63, 3.8) is 0 Å². The van der Waals surface area contributed by atoms with Crippen LogP contribution >= 0.6 is 0 Å². The van der Waals surface area contributed by atoms with Crippen LogP contribution in [0.3, 0.4) is 0 Å². The highest BCUT2D eigenvalue weighted by molar-refractivity contribution is 5.73. The second kappa shape index (κ2) is 11.0. The van der Waals surface area contributed by atoms with Gasteiger partial charge in [0.15, 0.2) is 19.6 Å². The number of hydrogen-bond donors (Lipinski definition) is 3. The SMILES string of the molecule is CCCCCCCCC[N+](CC(=O)O)(CC(=O)O)CC(=O)O. The molecule has 7 nitrogen and oxygen atoms in total. The van der Waals surface area contributed by atoms with Crippen molar-refractivity contribution >= 4 is 17.9 Å². The number of nitrogens with zero attached hydrogens (tertiary/aromatic N) is 1. The fourth-order valence-corrected chi connectivity index (χ4v) is 2.67. The smallest absolute Gasteiger partial charge is 0.359 e. The predicted molar refractivity (Wildman–Crippen MR) is 80.6 cm³/mol. The Hall–Kier alpha value is -1.63. The van der Waals surface area contributed by atoms with E-state index in [1.54, 1.807) is 0 Å². The first-order chi connectivity index (χ1) is 10.3. The summed E-state index contributed by atoms with van der Waals surface area (Å²) in [6, 6.07) is 0. The molecule has 128 valence electrons. The molecule has 0 aromatic heterocycles. The Kier molecular flexibility index (Phi) is 10.2. The van der Waals surface area contributed by atoms with Gasteiger partial charge in [-0.05, 0) is 12.8 Å². The second-order valence-corrected chi connectivity index (χ2v) is 5.84. The van der Waals surface area contributed by atoms with Gasteiger partial charge in [0.05, 0.1) is 6.54 Å². The van der Waals surface area contributed by atoms with Crippen LogP contribution in [0.4, 0.5) is 0 Å². The Morgan fingerprint density at radius 2 is 1.05 bits per heavy atom. The number of quaternary nitrogens is 1. The molecule has 0 radical (unpaired) electrons. The van der Waals surface area contributed by atoms with Gasteiger partial charge in [-0.15, -0.1) is 0 Å². The maximum atomic E-state index is 11.0. The van der Waals surface area contributed by atoms with E-state index in [4.69, 9.17) is 15.3 Å². The highest BCUT2D eigenvalue weighted by Crippen LogP contribution is 2.13. The van der Waals surface area contributed by atoms with E-state index in [0.29, 0.717) is 6.42 Å². The van der Waals surface area contributed by atoms with Crippen LogP contribution < -0.4 is 0 Å². The van der Waals surface area contributed by atoms with Crippen molar-refractivity contribution in [2.24, 2.45) is 0 Å². The summed E-state index contributed by atoms with van der Waals surface area (Å²) in [4.78, 5) is 33.0. The van der Waals surface area contributed by atoms with Gasteiger partial charge in [0.2, 0.25) is 0 Å². The molecule has 0 spiro atoms. The lowest BCUT2D eigenvalue weighted by Gasteiger charge is -2.34. The molecule has 0 fully saturated rings. The lowest BCUT2D eigenvalue weighted by atomic mass is 10.1. The van der Waals surface area contributed by atoms with Gasteiger partial charge in [-0.2, -0.15) is 0 Å². The van der Waals surface area contributed by atoms with Gasteiger partial charge in [0.25, 0.3) is 0 Å². The molecule has 0 atom stereocenters. The monoisotopic (exact) mass is 318 g/mol. The molecule has 0 aromatic rings. The molecule has 0 rings (SSSR count). The molecule has 7 heteroatoms. The maximum Gasteiger partial charge on any atom is 0.359 e. The summed E-state index contributed by atoms with van der Waals surface area (Å²) >= 11 is 0. The first-order valence-electron chi connectivity index (χ1n) is 7.82. The summed E-state index contributed by atoms with van der Waals surface area (Å²) in [5.41, 5.74) is 0. The van der Waals surface area contributed by atoms with Crippen molar-refractivity contribution in [3.05, 3.63) is 0 Å². The third-order valence-corrected chi connectivity index (χ3v) is 3.65. The van der Waals surface area contributed by atoms with Crippen molar-refractivity contribution in [2.45, 2.75) is 51.9 Å². The molecule has 0 aliphatic carbocycles. The van der Waals surface area contributed by atoms with Crippen LogP contribution in [-0.2, 0) is 14.4 Å². The minimum absolute atomic E-state index is 0.263. The number of hydrogen-bond acceptors (Lipinski definition) is 3. The summed E-state index contributed by atoms with van der Waals surface area (Å²) in [7, 11) is 0. The van der Waals surface area contributed by atoms with E-state index in [0.717, 1.165) is 32.1 Å². The Morgan fingerprint density at radius 3 is 1.41 bits per heavy atom. The van der Waals surface area contributed by atoms with Gasteiger partial charge in [-0.25, -0.2) is 14.4 Å². The third-order valence-electron chi connectivity index (χ3n) is 3.65. The molecule has 0 unspecified atom stereocenters. The normalized spacial score (nSPS) is 11.3. The van der Waals surface area contributed by atoms with E-state index in [1.165, 1.54) is 6.42 Å². The zero-order valence-electron chi connectivity index (χ0n) is 13.3. The zero-order chi connectivity index (χ0) is 17.0. The maximum absolute atomic E-state index is 11.0. The van der Waals surface area contributed by atoms with E-state index < -0.39 is 42.0 Å². The second-order valence-electron chi connectivity index (χ2n) is 5.84. The third kappa shape index (κ3) is 10.1. The number of aliphatic carboxylic acids is 3. The van der Waals surface area contributed by atoms with Gasteiger partial charge in [0.1, 0.15) is 0 Å². The van der Waals surface area contributed by atoms with Gasteiger partial charge >= 0.3 is 17.9 Å². The Labute approximate surface area is 131 Å². The molecule has 22 heavy (non-hydrogen) atoms. The predicted octanol–water partition coefficient (Wildman–Crippen LogP) is 1.81. The molecular weight excluding hydrogens is 290 g/mol. The van der Waals surface area contributed by atoms with E-state index in [-0.39, 0.29) is 6.54 Å². The highest BCUT2D eigenvalue weighted by Gasteiger charge is 2.35. The minimum Gasteiger partial charge on any atom is -0.477 e. The van der Waals surface area contributed by atoms with Crippen molar-refractivity contribution in [1.82, 2.24) is 0 Å². The van der Waals surface area contributed by atoms with Crippen LogP contribution in [0, 0.1) is 0 Å². The number of carbonyl (C=O) groups is 3. The van der Waals surface area contributed by atoms with Crippen molar-refractivity contribution in [3.8, 4) is 0 Å². The topological polar surface area (TPSA) is 112 Å². The largest absolute Gasteiger partial charge is 0.477 e. The number of carboxylic acid groups (broad SMARTS) is 3. The molecule has 0 aliphatic heterocycles. The van der Waals surface area contributed by atoms with Gasteiger partial charge in [0, 0.05) is 0 Å². The molecule has 3 N–H and O–H groups in total.